The van der Waals surface area contributed by atoms with Crippen LogP contribution in [0.15, 0.2) is 54.6 Å². The molecule has 15 heteroatoms. The molecule has 1 unspecified atom stereocenters. The molecule has 0 spiro atoms. The Morgan fingerprint density at radius 1 is 1.03 bits per heavy atom. The Hall–Kier alpha value is -3.27. The third kappa shape index (κ3) is 5.85. The quantitative estimate of drug-likeness (QED) is 0.400. The first-order valence-corrected chi connectivity index (χ1v) is 14.0. The number of alkyl halides is 3. The molecule has 2 heterocycles. The number of benzene rings is 2. The van der Waals surface area contributed by atoms with E-state index in [4.69, 9.17) is 9.90 Å². The molecule has 0 bridgehead atoms. The van der Waals surface area contributed by atoms with Crippen molar-refractivity contribution in [1.82, 2.24) is 14.0 Å². The van der Waals surface area contributed by atoms with Crippen LogP contribution in [0, 0.1) is 5.92 Å². The number of carbonyl (C=O) groups is 2. The van der Waals surface area contributed by atoms with Crippen LogP contribution in [0.25, 0.3) is 10.2 Å². The van der Waals surface area contributed by atoms with Gasteiger partial charge in [0.2, 0.25) is 0 Å². The fraction of sp³-hybridized carbons (Fsp3) is 0.375. The first-order chi connectivity index (χ1) is 18.3. The van der Waals surface area contributed by atoms with Gasteiger partial charge >= 0.3 is 18.1 Å². The van der Waals surface area contributed by atoms with E-state index in [1.54, 1.807) is 18.3 Å². The van der Waals surface area contributed by atoms with Gasteiger partial charge in [0.1, 0.15) is 5.54 Å². The lowest BCUT2D eigenvalue weighted by Crippen LogP contribution is -2.56. The number of hydrogen-bond acceptors (Lipinski definition) is 7. The van der Waals surface area contributed by atoms with Gasteiger partial charge in [-0.3, -0.25) is 4.79 Å². The molecule has 0 radical (unpaired) electrons. The average Bonchev–Trinajstić information content (AvgIpc) is 3.25. The van der Waals surface area contributed by atoms with Gasteiger partial charge in [-0.05, 0) is 23.6 Å². The van der Waals surface area contributed by atoms with Crippen molar-refractivity contribution in [3.63, 3.8) is 0 Å². The van der Waals surface area contributed by atoms with Gasteiger partial charge in [-0.15, -0.1) is 0 Å². The van der Waals surface area contributed by atoms with E-state index in [9.17, 15) is 31.5 Å². The summed E-state index contributed by atoms with van der Waals surface area (Å²) in [7, 11) is -3.97. The molecule has 1 aromatic heterocycles. The van der Waals surface area contributed by atoms with E-state index in [1.165, 1.54) is 4.31 Å². The molecule has 10 nitrogen and oxygen atoms in total. The number of rotatable bonds is 6. The molecule has 39 heavy (non-hydrogen) atoms. The molecule has 0 amide bonds. The number of fused-ring (bicyclic) bond motifs is 1. The first-order valence-electron chi connectivity index (χ1n) is 11.8. The number of hydrogen-bond donors (Lipinski definition) is 3. The number of para-hydroxylation sites is 1. The molecule has 3 atom stereocenters. The predicted molar refractivity (Wildman–Crippen MR) is 138 cm³/mol. The van der Waals surface area contributed by atoms with Crippen LogP contribution in [-0.4, -0.2) is 77.8 Å². The Labute approximate surface area is 225 Å². The van der Waals surface area contributed by atoms with Crippen molar-refractivity contribution in [3.8, 4) is 0 Å². The van der Waals surface area contributed by atoms with E-state index < -0.39 is 39.8 Å². The summed E-state index contributed by atoms with van der Waals surface area (Å²) >= 11 is 1.59. The second kappa shape index (κ2) is 10.7. The van der Waals surface area contributed by atoms with E-state index >= 15 is 0 Å². The number of anilines is 1. The smallest absolute Gasteiger partial charge is 0.480 e. The summed E-state index contributed by atoms with van der Waals surface area (Å²) in [5.74, 6) is -4.65. The molecular weight excluding hydrogens is 561 g/mol. The van der Waals surface area contributed by atoms with Crippen LogP contribution >= 0.6 is 11.3 Å². The maximum atomic E-state index is 13.2. The number of piperazine rings is 1. The van der Waals surface area contributed by atoms with Crippen LogP contribution in [0.2, 0.25) is 0 Å². The highest BCUT2D eigenvalue weighted by atomic mass is 32.2. The maximum absolute atomic E-state index is 13.2. The van der Waals surface area contributed by atoms with Crippen LogP contribution in [0.3, 0.4) is 0 Å². The zero-order chi connectivity index (χ0) is 28.6. The number of thiazole rings is 1. The molecular formula is C24H25F3N4O6S2. The van der Waals surface area contributed by atoms with Gasteiger partial charge in [0.25, 0.3) is 10.2 Å². The molecule has 1 aliphatic carbocycles. The molecule has 210 valence electrons. The second-order valence-corrected chi connectivity index (χ2v) is 11.8. The molecule has 3 aromatic rings. The molecule has 1 saturated carbocycles. The van der Waals surface area contributed by atoms with Crippen LogP contribution in [0.1, 0.15) is 18.4 Å². The highest BCUT2D eigenvalue weighted by Crippen LogP contribution is 2.58. The van der Waals surface area contributed by atoms with Crippen LogP contribution in [0.5, 0.6) is 0 Å². The standard InChI is InChI=1S/C22H24N4O4S2.C2HF3O2/c1-15-19(16-7-3-2-4-8-16)22(15,20(27)28)24-32(29,30)26-13-11-25(12-14-26)21-23-17-9-5-6-10-18(17)31-21;3-2(4,5)1(6)7/h2-10,15,19,24H,11-14H2,1H3,(H,27,28);(H,6,7)/t15?,19-,22+;/m1./s1. The Kier molecular flexibility index (Phi) is 7.89. The van der Waals surface area contributed by atoms with Crippen molar-refractivity contribution in [2.45, 2.75) is 24.6 Å². The fourth-order valence-electron chi connectivity index (χ4n) is 4.69. The van der Waals surface area contributed by atoms with Crippen molar-refractivity contribution in [2.24, 2.45) is 5.92 Å². The minimum Gasteiger partial charge on any atom is -0.480 e. The topological polar surface area (TPSA) is 140 Å². The molecule has 5 rings (SSSR count). The third-order valence-electron chi connectivity index (χ3n) is 6.78. The van der Waals surface area contributed by atoms with Gasteiger partial charge in [-0.1, -0.05) is 60.7 Å². The summed E-state index contributed by atoms with van der Waals surface area (Å²) in [5.41, 5.74) is 0.234. The summed E-state index contributed by atoms with van der Waals surface area (Å²) in [6.45, 7) is 3.31. The number of aliphatic carboxylic acids is 2. The summed E-state index contributed by atoms with van der Waals surface area (Å²) in [5, 5.41) is 18.0. The van der Waals surface area contributed by atoms with E-state index in [-0.39, 0.29) is 19.0 Å². The minimum atomic E-state index is -5.08. The van der Waals surface area contributed by atoms with Crippen molar-refractivity contribution in [3.05, 3.63) is 60.2 Å². The van der Waals surface area contributed by atoms with Crippen molar-refractivity contribution < 1.29 is 41.4 Å². The first kappa shape index (κ1) is 28.7. The summed E-state index contributed by atoms with van der Waals surface area (Å²) in [4.78, 5) is 27.8. The SMILES string of the molecule is CC1[C@H](c2ccccc2)[C@]1(NS(=O)(=O)N1CCN(c2nc3ccccc3s2)CC1)C(=O)O.O=C(O)C(F)(F)F. The maximum Gasteiger partial charge on any atom is 0.490 e. The van der Waals surface area contributed by atoms with Gasteiger partial charge in [0, 0.05) is 32.1 Å². The van der Waals surface area contributed by atoms with Crippen LogP contribution < -0.4 is 9.62 Å². The van der Waals surface area contributed by atoms with Gasteiger partial charge < -0.3 is 15.1 Å². The summed E-state index contributed by atoms with van der Waals surface area (Å²) in [6, 6.07) is 17.1. The minimum absolute atomic E-state index is 0.269. The predicted octanol–water partition coefficient (Wildman–Crippen LogP) is 3.14. The highest BCUT2D eigenvalue weighted by Gasteiger charge is 2.70. The second-order valence-electron chi connectivity index (χ2n) is 9.11. The number of nitrogens with zero attached hydrogens (tertiary/aromatic N) is 3. The van der Waals surface area contributed by atoms with Gasteiger partial charge in [0.15, 0.2) is 5.13 Å². The number of halogens is 3. The van der Waals surface area contributed by atoms with Crippen molar-refractivity contribution >= 4 is 48.8 Å². The zero-order valence-electron chi connectivity index (χ0n) is 20.5. The lowest BCUT2D eigenvalue weighted by molar-refractivity contribution is -0.192. The van der Waals surface area contributed by atoms with Gasteiger partial charge in [-0.2, -0.15) is 30.6 Å². The largest absolute Gasteiger partial charge is 0.490 e. The Bertz CT molecular complexity index is 1430. The summed E-state index contributed by atoms with van der Waals surface area (Å²) in [6.07, 6.45) is -5.08. The Morgan fingerprint density at radius 3 is 2.13 bits per heavy atom. The monoisotopic (exact) mass is 586 g/mol. The Morgan fingerprint density at radius 2 is 1.59 bits per heavy atom. The van der Waals surface area contributed by atoms with Crippen molar-refractivity contribution in [2.75, 3.05) is 31.1 Å². The van der Waals surface area contributed by atoms with E-state index in [2.05, 4.69) is 14.6 Å². The number of nitrogens with one attached hydrogen (secondary N) is 1. The van der Waals surface area contributed by atoms with Crippen LogP contribution in [-0.2, 0) is 19.8 Å². The van der Waals surface area contributed by atoms with E-state index in [0.717, 1.165) is 20.9 Å². The van der Waals surface area contributed by atoms with Gasteiger partial charge in [-0.25, -0.2) is 9.78 Å². The van der Waals surface area contributed by atoms with Crippen LogP contribution in [0.4, 0.5) is 18.3 Å². The van der Waals surface area contributed by atoms with E-state index in [0.29, 0.717) is 13.1 Å². The summed E-state index contributed by atoms with van der Waals surface area (Å²) < 4.78 is 63.1. The molecule has 3 N–H and O–H groups in total. The molecule has 2 fully saturated rings. The van der Waals surface area contributed by atoms with E-state index in [1.807, 2.05) is 54.6 Å². The van der Waals surface area contributed by atoms with Crippen molar-refractivity contribution in [1.29, 1.82) is 0 Å². The number of carboxylic acid groups (broad SMARTS) is 2. The number of carboxylic acids is 2. The fourth-order valence-corrected chi connectivity index (χ4v) is 7.31. The molecule has 2 aromatic carbocycles. The molecule has 1 saturated heterocycles. The number of aromatic nitrogens is 1. The normalized spacial score (nSPS) is 23.6. The lowest BCUT2D eigenvalue weighted by Gasteiger charge is -2.34. The molecule has 1 aliphatic heterocycles. The highest BCUT2D eigenvalue weighted by molar-refractivity contribution is 7.87. The zero-order valence-corrected chi connectivity index (χ0v) is 22.1. The third-order valence-corrected chi connectivity index (χ3v) is 9.52. The Balaban J connectivity index is 0.000000448. The van der Waals surface area contributed by atoms with Gasteiger partial charge in [0.05, 0.1) is 10.2 Å². The average molecular weight is 587 g/mol. The lowest BCUT2D eigenvalue weighted by atomic mass is 10.1. The molecule has 2 aliphatic rings.